The molecule has 0 aromatic heterocycles. The fourth-order valence-corrected chi connectivity index (χ4v) is 1.95. The number of fused-ring (bicyclic) bond motifs is 1. The molecule has 1 heterocycles. The van der Waals surface area contributed by atoms with Crippen LogP contribution in [-0.2, 0) is 11.8 Å². The van der Waals surface area contributed by atoms with Gasteiger partial charge in [-0.05, 0) is 29.4 Å². The number of hydrogen-bond donors (Lipinski definition) is 1. The van der Waals surface area contributed by atoms with Crippen molar-refractivity contribution in [1.29, 1.82) is 0 Å². The van der Waals surface area contributed by atoms with E-state index in [1.54, 1.807) is 0 Å². The monoisotopic (exact) mass is 157 g/mol. The second-order valence-corrected chi connectivity index (χ2v) is 3.96. The number of benzene rings is 1. The molecule has 0 unspecified atom stereocenters. The van der Waals surface area contributed by atoms with Crippen LogP contribution in [0.15, 0.2) is 24.3 Å². The summed E-state index contributed by atoms with van der Waals surface area (Å²) in [5.74, 6) is 0. The lowest BCUT2D eigenvalue weighted by Crippen LogP contribution is -2.48. The number of nitrogens with one attached hydrogen (secondary N) is 1. The second-order valence-electron chi connectivity index (χ2n) is 3.96. The molecule has 0 saturated carbocycles. The Morgan fingerprint density at radius 2 is 2.00 bits per heavy atom. The topological polar surface area (TPSA) is 12.0 Å². The first-order valence-corrected chi connectivity index (χ1v) is 4.53. The molecular formula is C9H13B2N. The maximum atomic E-state index is 3.51. The average Bonchev–Trinajstić information content (AvgIpc) is 2.04. The van der Waals surface area contributed by atoms with E-state index in [2.05, 4.69) is 45.3 Å². The fraction of sp³-hybridized carbons (Fsp3) is 0.333. The molecule has 0 spiro atoms. The highest BCUT2D eigenvalue weighted by atomic mass is 14.9. The highest BCUT2D eigenvalue weighted by Crippen LogP contribution is 2.22. The summed E-state index contributed by atoms with van der Waals surface area (Å²) in [6.07, 6.45) is 1.17. The van der Waals surface area contributed by atoms with E-state index in [-0.39, 0.29) is 5.34 Å². The van der Waals surface area contributed by atoms with Gasteiger partial charge in [-0.1, -0.05) is 24.3 Å². The van der Waals surface area contributed by atoms with Crippen LogP contribution in [0.25, 0.3) is 0 Å². The molecule has 0 amide bonds. The van der Waals surface area contributed by atoms with E-state index < -0.39 is 0 Å². The Morgan fingerprint density at radius 3 is 2.75 bits per heavy atom. The van der Waals surface area contributed by atoms with E-state index in [0.717, 1.165) is 6.54 Å². The average molecular weight is 157 g/mol. The van der Waals surface area contributed by atoms with Gasteiger partial charge in [-0.2, -0.15) is 0 Å². The van der Waals surface area contributed by atoms with Gasteiger partial charge in [-0.15, -0.1) is 0 Å². The molecule has 12 heavy (non-hydrogen) atoms. The first-order valence-electron chi connectivity index (χ1n) is 4.53. The molecule has 1 nitrogen and oxygen atoms in total. The molecule has 0 fully saturated rings. The van der Waals surface area contributed by atoms with E-state index in [0.29, 0.717) is 0 Å². The Kier molecular flexibility index (Phi) is 1.76. The largest absolute Gasteiger partial charge is 0.322 e. The van der Waals surface area contributed by atoms with Crippen molar-refractivity contribution in [3.63, 3.8) is 0 Å². The zero-order valence-corrected chi connectivity index (χ0v) is 7.72. The lowest BCUT2D eigenvalue weighted by Gasteiger charge is -2.34. The summed E-state index contributed by atoms with van der Waals surface area (Å²) in [6.45, 7) is 1.10. The van der Waals surface area contributed by atoms with E-state index in [1.807, 2.05) is 0 Å². The van der Waals surface area contributed by atoms with Crippen molar-refractivity contribution < 1.29 is 0 Å². The molecule has 3 heteroatoms. The molecule has 2 rings (SSSR count). The lowest BCUT2D eigenvalue weighted by atomic mass is 9.56. The van der Waals surface area contributed by atoms with Gasteiger partial charge in [0.2, 0.25) is 0 Å². The SMILES string of the molecule is BC1(B)NCCc2ccccc21. The standard InChI is InChI=1S/C9H13B2N/c10-9(11)8-4-2-1-3-7(8)5-6-12-9/h1-4,12H,5-6,10-11H2. The van der Waals surface area contributed by atoms with Gasteiger partial charge in [-0.25, -0.2) is 0 Å². The highest BCUT2D eigenvalue weighted by molar-refractivity contribution is 6.39. The van der Waals surface area contributed by atoms with Gasteiger partial charge in [0.05, 0.1) is 0 Å². The van der Waals surface area contributed by atoms with Gasteiger partial charge in [0.1, 0.15) is 15.7 Å². The Bertz CT molecular complexity index is 296. The van der Waals surface area contributed by atoms with Crippen LogP contribution >= 0.6 is 0 Å². The van der Waals surface area contributed by atoms with Crippen LogP contribution < -0.4 is 5.32 Å². The molecule has 0 aliphatic carbocycles. The molecule has 0 atom stereocenters. The number of rotatable bonds is 0. The highest BCUT2D eigenvalue weighted by Gasteiger charge is 2.25. The van der Waals surface area contributed by atoms with Crippen molar-refractivity contribution in [1.82, 2.24) is 5.32 Å². The summed E-state index contributed by atoms with van der Waals surface area (Å²) in [5, 5.41) is 3.68. The van der Waals surface area contributed by atoms with Gasteiger partial charge < -0.3 is 5.32 Å². The zero-order chi connectivity index (χ0) is 8.60. The summed E-state index contributed by atoms with van der Waals surface area (Å²) in [5.41, 5.74) is 2.96. The van der Waals surface area contributed by atoms with Crippen LogP contribution in [0.5, 0.6) is 0 Å². The summed E-state index contributed by atoms with van der Waals surface area (Å²) >= 11 is 0. The zero-order valence-electron chi connectivity index (χ0n) is 7.72. The van der Waals surface area contributed by atoms with E-state index in [9.17, 15) is 0 Å². The lowest BCUT2D eigenvalue weighted by molar-refractivity contribution is 0.574. The minimum absolute atomic E-state index is 0.162. The predicted molar refractivity (Wildman–Crippen MR) is 56.9 cm³/mol. The molecule has 1 aliphatic rings. The number of hydrogen-bond acceptors (Lipinski definition) is 1. The normalized spacial score (nSPS) is 20.0. The van der Waals surface area contributed by atoms with Gasteiger partial charge >= 0.3 is 0 Å². The quantitative estimate of drug-likeness (QED) is 0.486. The Morgan fingerprint density at radius 1 is 1.25 bits per heavy atom. The van der Waals surface area contributed by atoms with Crippen molar-refractivity contribution in [3.05, 3.63) is 35.4 Å². The molecular weight excluding hydrogens is 144 g/mol. The Labute approximate surface area is 75.4 Å². The summed E-state index contributed by atoms with van der Waals surface area (Å²) < 4.78 is 0. The van der Waals surface area contributed by atoms with E-state index in [1.165, 1.54) is 17.5 Å². The van der Waals surface area contributed by atoms with Crippen LogP contribution in [0.3, 0.4) is 0 Å². The van der Waals surface area contributed by atoms with Crippen LogP contribution in [0.2, 0.25) is 0 Å². The molecule has 0 radical (unpaired) electrons. The summed E-state index contributed by atoms with van der Waals surface area (Å²) in [7, 11) is 4.48. The first-order chi connectivity index (χ1) is 5.70. The van der Waals surface area contributed by atoms with Crippen LogP contribution in [0.1, 0.15) is 11.1 Å². The van der Waals surface area contributed by atoms with Gasteiger partial charge in [0, 0.05) is 0 Å². The van der Waals surface area contributed by atoms with Crippen molar-refractivity contribution in [2.24, 2.45) is 0 Å². The molecule has 1 aromatic carbocycles. The first kappa shape index (κ1) is 7.93. The maximum absolute atomic E-state index is 3.51. The minimum Gasteiger partial charge on any atom is -0.322 e. The maximum Gasteiger partial charge on any atom is 0.122 e. The molecule has 1 N–H and O–H groups in total. The van der Waals surface area contributed by atoms with Gasteiger partial charge in [0.25, 0.3) is 0 Å². The molecule has 0 bridgehead atoms. The minimum atomic E-state index is 0.162. The predicted octanol–water partition coefficient (Wildman–Crippen LogP) is -0.791. The molecule has 0 saturated heterocycles. The molecule has 1 aliphatic heterocycles. The van der Waals surface area contributed by atoms with Gasteiger partial charge in [0.15, 0.2) is 0 Å². The summed E-state index contributed by atoms with van der Waals surface area (Å²) in [4.78, 5) is 0. The molecule has 60 valence electrons. The van der Waals surface area contributed by atoms with Crippen LogP contribution in [-0.4, -0.2) is 22.2 Å². The van der Waals surface area contributed by atoms with Crippen molar-refractivity contribution in [3.8, 4) is 0 Å². The van der Waals surface area contributed by atoms with Crippen molar-refractivity contribution in [2.45, 2.75) is 11.8 Å². The van der Waals surface area contributed by atoms with E-state index >= 15 is 0 Å². The smallest absolute Gasteiger partial charge is 0.122 e. The third-order valence-corrected chi connectivity index (χ3v) is 2.65. The van der Waals surface area contributed by atoms with Crippen molar-refractivity contribution >= 4 is 15.7 Å². The molecule has 1 aromatic rings. The Hall–Kier alpha value is -0.690. The summed E-state index contributed by atoms with van der Waals surface area (Å²) in [6, 6.07) is 8.70. The van der Waals surface area contributed by atoms with Crippen molar-refractivity contribution in [2.75, 3.05) is 6.54 Å². The Balaban J connectivity index is 2.52. The van der Waals surface area contributed by atoms with Gasteiger partial charge in [-0.3, -0.25) is 0 Å². The second kappa shape index (κ2) is 2.67. The third-order valence-electron chi connectivity index (χ3n) is 2.65. The fourth-order valence-electron chi connectivity index (χ4n) is 1.95. The van der Waals surface area contributed by atoms with Crippen LogP contribution in [0, 0.1) is 0 Å². The van der Waals surface area contributed by atoms with E-state index in [4.69, 9.17) is 0 Å². The van der Waals surface area contributed by atoms with Crippen LogP contribution in [0.4, 0.5) is 0 Å². The third kappa shape index (κ3) is 1.18.